The summed E-state index contributed by atoms with van der Waals surface area (Å²) in [6.07, 6.45) is 1.27. The van der Waals surface area contributed by atoms with Crippen LogP contribution in [0.1, 0.15) is 12.1 Å². The number of ether oxygens (including phenoxy) is 2. The maximum absolute atomic E-state index is 12.8. The second-order valence-electron chi connectivity index (χ2n) is 7.23. The highest BCUT2D eigenvalue weighted by atomic mass is 32.1. The normalized spacial score (nSPS) is 15.8. The van der Waals surface area contributed by atoms with Gasteiger partial charge in [-0.25, -0.2) is 4.98 Å². The predicted octanol–water partition coefficient (Wildman–Crippen LogP) is 4.08. The molecule has 1 N–H and O–H groups in total. The Morgan fingerprint density at radius 2 is 1.97 bits per heavy atom. The molecule has 1 aliphatic rings. The van der Waals surface area contributed by atoms with E-state index in [0.717, 1.165) is 41.5 Å². The average molecular weight is 424 g/mol. The number of hydrogen-bond acceptors (Lipinski definition) is 6. The van der Waals surface area contributed by atoms with Gasteiger partial charge < -0.3 is 19.7 Å². The Hall–Kier alpha value is -3.06. The van der Waals surface area contributed by atoms with Gasteiger partial charge in [-0.05, 0) is 36.8 Å². The summed E-state index contributed by atoms with van der Waals surface area (Å²) in [5.41, 5.74) is 2.84. The third-order valence-electron chi connectivity index (χ3n) is 5.20. The number of thiazole rings is 1. The lowest BCUT2D eigenvalue weighted by Crippen LogP contribution is -2.32. The zero-order valence-electron chi connectivity index (χ0n) is 17.1. The van der Waals surface area contributed by atoms with Crippen LogP contribution in [0.2, 0.25) is 0 Å². The molecule has 0 radical (unpaired) electrons. The number of carbonyl (C=O) groups is 1. The molecule has 2 aromatic carbocycles. The molecule has 30 heavy (non-hydrogen) atoms. The molecule has 3 aromatic rings. The van der Waals surface area contributed by atoms with Gasteiger partial charge >= 0.3 is 0 Å². The molecule has 6 nitrogen and oxygen atoms in total. The fourth-order valence-corrected chi connectivity index (χ4v) is 4.45. The van der Waals surface area contributed by atoms with Crippen LogP contribution < -0.4 is 14.8 Å². The van der Waals surface area contributed by atoms with Crippen LogP contribution in [-0.2, 0) is 11.2 Å². The Labute approximate surface area is 180 Å². The summed E-state index contributed by atoms with van der Waals surface area (Å²) >= 11 is 1.53. The Kier molecular flexibility index (Phi) is 6.18. The summed E-state index contributed by atoms with van der Waals surface area (Å²) in [6, 6.07) is 16.1. The number of rotatable bonds is 7. The molecular weight excluding hydrogens is 398 g/mol. The van der Waals surface area contributed by atoms with Gasteiger partial charge in [0.2, 0.25) is 5.91 Å². The summed E-state index contributed by atoms with van der Waals surface area (Å²) in [6.45, 7) is 1.50. The lowest BCUT2D eigenvalue weighted by atomic mass is 10.2. The molecule has 0 saturated carbocycles. The first-order valence-electron chi connectivity index (χ1n) is 9.92. The van der Waals surface area contributed by atoms with Crippen molar-refractivity contribution in [3.8, 4) is 22.1 Å². The van der Waals surface area contributed by atoms with Crippen molar-refractivity contribution in [3.05, 3.63) is 59.6 Å². The largest absolute Gasteiger partial charge is 0.493 e. The number of aromatic nitrogens is 1. The molecule has 1 fully saturated rings. The highest BCUT2D eigenvalue weighted by Gasteiger charge is 2.26. The van der Waals surface area contributed by atoms with E-state index in [2.05, 4.69) is 22.4 Å². The van der Waals surface area contributed by atoms with E-state index in [9.17, 15) is 4.79 Å². The van der Waals surface area contributed by atoms with Crippen molar-refractivity contribution in [2.45, 2.75) is 18.9 Å². The molecular formula is C23H25N3O3S. The third kappa shape index (κ3) is 4.57. The summed E-state index contributed by atoms with van der Waals surface area (Å²) in [5, 5.41) is 6.33. The van der Waals surface area contributed by atoms with Gasteiger partial charge in [0.25, 0.3) is 0 Å². The molecule has 1 atom stereocenters. The van der Waals surface area contributed by atoms with Crippen LogP contribution in [0.25, 0.3) is 10.6 Å². The minimum Gasteiger partial charge on any atom is -0.493 e. The summed E-state index contributed by atoms with van der Waals surface area (Å²) in [7, 11) is 3.23. The van der Waals surface area contributed by atoms with E-state index in [4.69, 9.17) is 9.47 Å². The number of nitrogens with zero attached hydrogens (tertiary/aromatic N) is 2. The van der Waals surface area contributed by atoms with Crippen LogP contribution in [0.5, 0.6) is 11.5 Å². The van der Waals surface area contributed by atoms with Crippen LogP contribution >= 0.6 is 11.3 Å². The van der Waals surface area contributed by atoms with Crippen LogP contribution in [-0.4, -0.2) is 49.1 Å². The average Bonchev–Trinajstić information content (AvgIpc) is 3.44. The van der Waals surface area contributed by atoms with Crippen molar-refractivity contribution in [3.63, 3.8) is 0 Å². The second-order valence-corrected chi connectivity index (χ2v) is 8.08. The number of amides is 1. The SMILES string of the molecule is COc1ccc(-c2nc(CC(=O)N3CCC(Nc4ccccc4)C3)cs2)cc1OC. The van der Waals surface area contributed by atoms with Crippen molar-refractivity contribution in [2.75, 3.05) is 32.6 Å². The number of para-hydroxylation sites is 1. The van der Waals surface area contributed by atoms with E-state index in [1.165, 1.54) is 11.3 Å². The van der Waals surface area contributed by atoms with Crippen LogP contribution in [0.4, 0.5) is 5.69 Å². The van der Waals surface area contributed by atoms with E-state index in [1.54, 1.807) is 14.2 Å². The van der Waals surface area contributed by atoms with Gasteiger partial charge in [-0.3, -0.25) is 4.79 Å². The summed E-state index contributed by atoms with van der Waals surface area (Å²) < 4.78 is 10.7. The molecule has 1 saturated heterocycles. The van der Waals surface area contributed by atoms with E-state index < -0.39 is 0 Å². The van der Waals surface area contributed by atoms with Crippen molar-refractivity contribution in [1.29, 1.82) is 0 Å². The van der Waals surface area contributed by atoms with Gasteiger partial charge in [-0.15, -0.1) is 11.3 Å². The highest BCUT2D eigenvalue weighted by Crippen LogP contribution is 2.33. The van der Waals surface area contributed by atoms with Crippen molar-refractivity contribution in [1.82, 2.24) is 9.88 Å². The van der Waals surface area contributed by atoms with Crippen LogP contribution in [0.15, 0.2) is 53.9 Å². The first-order valence-corrected chi connectivity index (χ1v) is 10.8. The van der Waals surface area contributed by atoms with Crippen molar-refractivity contribution < 1.29 is 14.3 Å². The lowest BCUT2D eigenvalue weighted by Gasteiger charge is -2.17. The lowest BCUT2D eigenvalue weighted by molar-refractivity contribution is -0.129. The van der Waals surface area contributed by atoms with Gasteiger partial charge in [0.15, 0.2) is 11.5 Å². The number of anilines is 1. The molecule has 2 heterocycles. The fourth-order valence-electron chi connectivity index (χ4n) is 3.63. The van der Waals surface area contributed by atoms with Gasteiger partial charge in [0.05, 0.1) is 26.3 Å². The van der Waals surface area contributed by atoms with E-state index in [1.807, 2.05) is 46.7 Å². The number of likely N-dealkylation sites (tertiary alicyclic amines) is 1. The molecule has 1 unspecified atom stereocenters. The summed E-state index contributed by atoms with van der Waals surface area (Å²) in [4.78, 5) is 19.4. The Morgan fingerprint density at radius 3 is 2.73 bits per heavy atom. The zero-order chi connectivity index (χ0) is 20.9. The Bertz CT molecular complexity index is 1010. The number of carbonyl (C=O) groups excluding carboxylic acids is 1. The zero-order valence-corrected chi connectivity index (χ0v) is 17.9. The minimum atomic E-state index is 0.122. The maximum atomic E-state index is 12.8. The predicted molar refractivity (Wildman–Crippen MR) is 119 cm³/mol. The number of methoxy groups -OCH3 is 2. The third-order valence-corrected chi connectivity index (χ3v) is 6.14. The number of benzene rings is 2. The van der Waals surface area contributed by atoms with Crippen LogP contribution in [0.3, 0.4) is 0 Å². The minimum absolute atomic E-state index is 0.122. The molecule has 0 spiro atoms. The smallest absolute Gasteiger partial charge is 0.228 e. The molecule has 1 aromatic heterocycles. The molecule has 4 rings (SSSR count). The van der Waals surface area contributed by atoms with E-state index in [0.29, 0.717) is 17.9 Å². The quantitative estimate of drug-likeness (QED) is 0.620. The molecule has 1 aliphatic heterocycles. The highest BCUT2D eigenvalue weighted by molar-refractivity contribution is 7.13. The van der Waals surface area contributed by atoms with Gasteiger partial charge in [0.1, 0.15) is 5.01 Å². The molecule has 0 aliphatic carbocycles. The van der Waals surface area contributed by atoms with Gasteiger partial charge in [-0.2, -0.15) is 0 Å². The molecule has 156 valence electrons. The molecule has 7 heteroatoms. The maximum Gasteiger partial charge on any atom is 0.228 e. The van der Waals surface area contributed by atoms with Crippen molar-refractivity contribution in [2.24, 2.45) is 0 Å². The van der Waals surface area contributed by atoms with Crippen molar-refractivity contribution >= 4 is 22.9 Å². The molecule has 1 amide bonds. The van der Waals surface area contributed by atoms with Crippen LogP contribution in [0, 0.1) is 0 Å². The second kappa shape index (κ2) is 9.17. The van der Waals surface area contributed by atoms with Gasteiger partial charge in [0, 0.05) is 35.8 Å². The number of hydrogen-bond donors (Lipinski definition) is 1. The monoisotopic (exact) mass is 423 g/mol. The van der Waals surface area contributed by atoms with E-state index in [-0.39, 0.29) is 11.9 Å². The standard InChI is InChI=1S/C23H25N3O3S/c1-28-20-9-8-16(12-21(20)29-2)23-25-19(15-30-23)13-22(27)26-11-10-18(14-26)24-17-6-4-3-5-7-17/h3-9,12,15,18,24H,10-11,13-14H2,1-2H3. The fraction of sp³-hybridized carbons (Fsp3) is 0.304. The summed E-state index contributed by atoms with van der Waals surface area (Å²) in [5.74, 6) is 1.47. The first kappa shape index (κ1) is 20.2. The van der Waals surface area contributed by atoms with E-state index >= 15 is 0 Å². The topological polar surface area (TPSA) is 63.7 Å². The Morgan fingerprint density at radius 1 is 1.17 bits per heavy atom. The van der Waals surface area contributed by atoms with Gasteiger partial charge in [-0.1, -0.05) is 18.2 Å². The Balaban J connectivity index is 1.36. The first-order chi connectivity index (χ1) is 14.7. The number of nitrogens with one attached hydrogen (secondary N) is 1. The molecule has 0 bridgehead atoms.